The van der Waals surface area contributed by atoms with Crippen LogP contribution in [-0.4, -0.2) is 23.5 Å². The van der Waals surface area contributed by atoms with E-state index in [4.69, 9.17) is 10.5 Å². The number of esters is 1. The fourth-order valence-electron chi connectivity index (χ4n) is 1.23. The van der Waals surface area contributed by atoms with Gasteiger partial charge < -0.3 is 10.5 Å². The Kier molecular flexibility index (Phi) is 4.42. The van der Waals surface area contributed by atoms with Crippen LogP contribution < -0.4 is 5.73 Å². The van der Waals surface area contributed by atoms with Gasteiger partial charge in [0.15, 0.2) is 0 Å². The number of amides is 1. The molecule has 88 valence electrons. The van der Waals surface area contributed by atoms with Crippen LogP contribution in [0.1, 0.15) is 22.5 Å². The number of carbonyl (C=O) groups is 2. The van der Waals surface area contributed by atoms with Crippen molar-refractivity contribution in [2.75, 3.05) is 6.61 Å². The molecule has 1 aromatic rings. The maximum atomic E-state index is 10.7. The smallest absolute Gasteiger partial charge is 0.302 e. The molecule has 0 spiro atoms. The third kappa shape index (κ3) is 3.98. The van der Waals surface area contributed by atoms with Crippen LogP contribution in [0.15, 0.2) is 0 Å². The Hall–Kier alpha value is -1.43. The normalized spacial score (nSPS) is 10.1. The monoisotopic (exact) mass is 242 g/mol. The molecule has 0 radical (unpaired) electrons. The SMILES string of the molecule is CC(=O)OCCc1sc(CC(N)=O)nc1C. The molecule has 0 unspecified atom stereocenters. The Morgan fingerprint density at radius 2 is 2.19 bits per heavy atom. The molecule has 1 rings (SSSR count). The standard InChI is InChI=1S/C10H14N2O3S/c1-6-8(3-4-15-7(2)13)16-10(12-6)5-9(11)14/h3-5H2,1-2H3,(H2,11,14). The minimum absolute atomic E-state index is 0.166. The summed E-state index contributed by atoms with van der Waals surface area (Å²) < 4.78 is 4.84. The summed E-state index contributed by atoms with van der Waals surface area (Å²) in [6.45, 7) is 3.58. The Morgan fingerprint density at radius 3 is 2.75 bits per heavy atom. The largest absolute Gasteiger partial charge is 0.465 e. The second kappa shape index (κ2) is 5.60. The number of rotatable bonds is 5. The van der Waals surface area contributed by atoms with E-state index >= 15 is 0 Å². The molecule has 0 saturated carbocycles. The minimum Gasteiger partial charge on any atom is -0.465 e. The molecule has 0 saturated heterocycles. The van der Waals surface area contributed by atoms with Gasteiger partial charge in [-0.05, 0) is 6.92 Å². The Bertz CT molecular complexity index is 401. The number of nitrogens with zero attached hydrogens (tertiary/aromatic N) is 1. The summed E-state index contributed by atoms with van der Waals surface area (Å²) in [6, 6.07) is 0. The molecule has 0 atom stereocenters. The van der Waals surface area contributed by atoms with Crippen LogP contribution in [0.5, 0.6) is 0 Å². The maximum Gasteiger partial charge on any atom is 0.302 e. The molecule has 0 bridgehead atoms. The summed E-state index contributed by atoms with van der Waals surface area (Å²) >= 11 is 1.44. The summed E-state index contributed by atoms with van der Waals surface area (Å²) in [7, 11) is 0. The van der Waals surface area contributed by atoms with Crippen molar-refractivity contribution in [3.63, 3.8) is 0 Å². The van der Waals surface area contributed by atoms with Crippen molar-refractivity contribution in [3.05, 3.63) is 15.6 Å². The molecule has 6 heteroatoms. The molecule has 1 aromatic heterocycles. The van der Waals surface area contributed by atoms with Crippen LogP contribution in [0.25, 0.3) is 0 Å². The summed E-state index contributed by atoms with van der Waals surface area (Å²) in [5.74, 6) is -0.681. The molecule has 0 fully saturated rings. The summed E-state index contributed by atoms with van der Waals surface area (Å²) in [6.07, 6.45) is 0.793. The number of thiazole rings is 1. The number of aryl methyl sites for hydroxylation is 1. The lowest BCUT2D eigenvalue weighted by Crippen LogP contribution is -2.13. The summed E-state index contributed by atoms with van der Waals surface area (Å²) in [5, 5.41) is 0.711. The molecule has 16 heavy (non-hydrogen) atoms. The fourth-order valence-corrected chi connectivity index (χ4v) is 2.29. The highest BCUT2D eigenvalue weighted by Gasteiger charge is 2.09. The van der Waals surface area contributed by atoms with E-state index in [0.29, 0.717) is 18.0 Å². The average molecular weight is 242 g/mol. The Balaban J connectivity index is 2.56. The van der Waals surface area contributed by atoms with E-state index in [9.17, 15) is 9.59 Å². The van der Waals surface area contributed by atoms with Gasteiger partial charge in [-0.15, -0.1) is 11.3 Å². The van der Waals surface area contributed by atoms with E-state index < -0.39 is 0 Å². The second-order valence-electron chi connectivity index (χ2n) is 3.35. The van der Waals surface area contributed by atoms with Gasteiger partial charge >= 0.3 is 5.97 Å². The molecule has 5 nitrogen and oxygen atoms in total. The lowest BCUT2D eigenvalue weighted by molar-refractivity contribution is -0.140. The van der Waals surface area contributed by atoms with Crippen LogP contribution >= 0.6 is 11.3 Å². The first kappa shape index (κ1) is 12.6. The zero-order valence-corrected chi connectivity index (χ0v) is 10.1. The second-order valence-corrected chi connectivity index (χ2v) is 4.52. The van der Waals surface area contributed by atoms with Gasteiger partial charge in [0.25, 0.3) is 0 Å². The van der Waals surface area contributed by atoms with E-state index in [1.54, 1.807) is 0 Å². The van der Waals surface area contributed by atoms with Crippen LogP contribution in [-0.2, 0) is 27.2 Å². The predicted molar refractivity (Wildman–Crippen MR) is 60.1 cm³/mol. The number of hydrogen-bond acceptors (Lipinski definition) is 5. The first-order chi connectivity index (χ1) is 7.49. The molecule has 0 aliphatic carbocycles. The molecule has 2 N–H and O–H groups in total. The van der Waals surface area contributed by atoms with Gasteiger partial charge in [0.05, 0.1) is 18.7 Å². The lowest BCUT2D eigenvalue weighted by atomic mass is 10.3. The number of ether oxygens (including phenoxy) is 1. The van der Waals surface area contributed by atoms with Crippen LogP contribution in [0.2, 0.25) is 0 Å². The Morgan fingerprint density at radius 1 is 1.50 bits per heavy atom. The molecular weight excluding hydrogens is 228 g/mol. The van der Waals surface area contributed by atoms with Crippen LogP contribution in [0.4, 0.5) is 0 Å². The van der Waals surface area contributed by atoms with E-state index in [0.717, 1.165) is 10.6 Å². The molecule has 0 aromatic carbocycles. The average Bonchev–Trinajstić information content (AvgIpc) is 2.45. The van der Waals surface area contributed by atoms with Crippen molar-refractivity contribution in [2.24, 2.45) is 5.73 Å². The highest BCUT2D eigenvalue weighted by Crippen LogP contribution is 2.19. The van der Waals surface area contributed by atoms with E-state index in [2.05, 4.69) is 4.98 Å². The fraction of sp³-hybridized carbons (Fsp3) is 0.500. The maximum absolute atomic E-state index is 10.7. The highest BCUT2D eigenvalue weighted by atomic mass is 32.1. The molecule has 1 heterocycles. The van der Waals surface area contributed by atoms with Gasteiger partial charge in [0.2, 0.25) is 5.91 Å². The van der Waals surface area contributed by atoms with Gasteiger partial charge in [-0.25, -0.2) is 4.98 Å². The lowest BCUT2D eigenvalue weighted by Gasteiger charge is -1.99. The predicted octanol–water partition coefficient (Wildman–Crippen LogP) is 0.585. The molecule has 1 amide bonds. The van der Waals surface area contributed by atoms with Crippen molar-refractivity contribution in [1.82, 2.24) is 4.98 Å². The van der Waals surface area contributed by atoms with Crippen molar-refractivity contribution in [1.29, 1.82) is 0 Å². The molecule has 0 aliphatic rings. The third-order valence-corrected chi connectivity index (χ3v) is 3.11. The zero-order valence-electron chi connectivity index (χ0n) is 9.28. The van der Waals surface area contributed by atoms with Gasteiger partial charge in [0.1, 0.15) is 5.01 Å². The van der Waals surface area contributed by atoms with Crippen LogP contribution in [0.3, 0.4) is 0 Å². The van der Waals surface area contributed by atoms with Crippen molar-refractivity contribution >= 4 is 23.2 Å². The minimum atomic E-state index is -0.389. The molecule has 0 aliphatic heterocycles. The number of carbonyl (C=O) groups excluding carboxylic acids is 2. The van der Waals surface area contributed by atoms with E-state index in [1.807, 2.05) is 6.92 Å². The first-order valence-electron chi connectivity index (χ1n) is 4.86. The van der Waals surface area contributed by atoms with E-state index in [-0.39, 0.29) is 18.3 Å². The van der Waals surface area contributed by atoms with Crippen molar-refractivity contribution in [2.45, 2.75) is 26.7 Å². The van der Waals surface area contributed by atoms with E-state index in [1.165, 1.54) is 18.3 Å². The highest BCUT2D eigenvalue weighted by molar-refractivity contribution is 7.11. The zero-order chi connectivity index (χ0) is 12.1. The van der Waals surface area contributed by atoms with Crippen LogP contribution in [0, 0.1) is 6.92 Å². The third-order valence-electron chi connectivity index (χ3n) is 1.90. The number of primary amides is 1. The van der Waals surface area contributed by atoms with Gasteiger partial charge in [-0.3, -0.25) is 9.59 Å². The summed E-state index contributed by atoms with van der Waals surface area (Å²) in [5.41, 5.74) is 5.95. The Labute approximate surface area is 97.6 Å². The quantitative estimate of drug-likeness (QED) is 0.766. The van der Waals surface area contributed by atoms with Crippen molar-refractivity contribution in [3.8, 4) is 0 Å². The molecular formula is C10H14N2O3S. The van der Waals surface area contributed by atoms with Crippen molar-refractivity contribution < 1.29 is 14.3 Å². The van der Waals surface area contributed by atoms with Gasteiger partial charge in [0, 0.05) is 18.2 Å². The summed E-state index contributed by atoms with van der Waals surface area (Å²) in [4.78, 5) is 26.5. The number of nitrogens with two attached hydrogens (primary N) is 1. The number of hydrogen-bond donors (Lipinski definition) is 1. The first-order valence-corrected chi connectivity index (χ1v) is 5.67. The topological polar surface area (TPSA) is 82.3 Å². The van der Waals surface area contributed by atoms with Gasteiger partial charge in [-0.1, -0.05) is 0 Å². The number of aromatic nitrogens is 1. The van der Waals surface area contributed by atoms with Gasteiger partial charge in [-0.2, -0.15) is 0 Å².